The van der Waals surface area contributed by atoms with Gasteiger partial charge in [-0.25, -0.2) is 13.6 Å². The number of carbonyl (C=O) groups excluding carboxylic acids is 1. The van der Waals surface area contributed by atoms with Crippen LogP contribution in [-0.4, -0.2) is 27.5 Å². The molecule has 0 radical (unpaired) electrons. The summed E-state index contributed by atoms with van der Waals surface area (Å²) >= 11 is 0. The van der Waals surface area contributed by atoms with Gasteiger partial charge >= 0.3 is 0 Å². The Morgan fingerprint density at radius 3 is 2.31 bits per heavy atom. The SMILES string of the molecule is COc1ccccc1C(=O)N[C@@H]1[C@@H](c2ccc(S(N)(=O)=O)cc2)C1(C)C. The lowest BCUT2D eigenvalue weighted by atomic mass is 10.0. The quantitative estimate of drug-likeness (QED) is 0.839. The molecule has 2 aromatic carbocycles. The molecule has 1 aliphatic rings. The Labute approximate surface area is 153 Å². The van der Waals surface area contributed by atoms with Gasteiger partial charge in [-0.15, -0.1) is 0 Å². The van der Waals surface area contributed by atoms with E-state index in [9.17, 15) is 13.2 Å². The number of para-hydroxylation sites is 1. The van der Waals surface area contributed by atoms with Crippen LogP contribution in [-0.2, 0) is 10.0 Å². The summed E-state index contributed by atoms with van der Waals surface area (Å²) < 4.78 is 28.0. The van der Waals surface area contributed by atoms with Gasteiger partial charge in [0.1, 0.15) is 5.75 Å². The third kappa shape index (κ3) is 3.32. The standard InChI is InChI=1S/C19H22N2O4S/c1-19(2)16(12-8-10-13(11-9-12)26(20,23)24)17(19)21-18(22)14-6-4-5-7-15(14)25-3/h4-11,16-17H,1-3H3,(H,21,22)(H2,20,23,24)/t16-,17-/m1/s1. The van der Waals surface area contributed by atoms with Crippen molar-refractivity contribution in [1.82, 2.24) is 5.32 Å². The first-order valence-electron chi connectivity index (χ1n) is 8.23. The van der Waals surface area contributed by atoms with E-state index in [0.717, 1.165) is 5.56 Å². The molecule has 7 heteroatoms. The van der Waals surface area contributed by atoms with Crippen molar-refractivity contribution in [3.05, 3.63) is 59.7 Å². The molecule has 6 nitrogen and oxygen atoms in total. The number of rotatable bonds is 5. The molecule has 26 heavy (non-hydrogen) atoms. The van der Waals surface area contributed by atoms with E-state index in [1.54, 1.807) is 30.3 Å². The van der Waals surface area contributed by atoms with Gasteiger partial charge in [-0.1, -0.05) is 38.1 Å². The van der Waals surface area contributed by atoms with Crippen molar-refractivity contribution in [3.63, 3.8) is 0 Å². The molecule has 138 valence electrons. The number of amides is 1. The minimum atomic E-state index is -3.71. The number of methoxy groups -OCH3 is 1. The first-order chi connectivity index (χ1) is 12.2. The molecule has 0 heterocycles. The number of ether oxygens (including phenoxy) is 1. The number of carbonyl (C=O) groups is 1. The third-order valence-electron chi connectivity index (χ3n) is 5.03. The van der Waals surface area contributed by atoms with E-state index < -0.39 is 10.0 Å². The van der Waals surface area contributed by atoms with Crippen LogP contribution in [0.25, 0.3) is 0 Å². The van der Waals surface area contributed by atoms with E-state index in [0.29, 0.717) is 11.3 Å². The molecule has 0 aliphatic heterocycles. The molecular weight excluding hydrogens is 352 g/mol. The number of hydrogen-bond donors (Lipinski definition) is 2. The average Bonchev–Trinajstić information content (AvgIpc) is 3.14. The number of benzene rings is 2. The Kier molecular flexibility index (Phi) is 4.54. The van der Waals surface area contributed by atoms with Gasteiger partial charge in [-0.05, 0) is 35.2 Å². The zero-order valence-electron chi connectivity index (χ0n) is 14.9. The fourth-order valence-corrected chi connectivity index (χ4v) is 3.96. The van der Waals surface area contributed by atoms with E-state index in [1.165, 1.54) is 19.2 Å². The maximum absolute atomic E-state index is 12.6. The summed E-state index contributed by atoms with van der Waals surface area (Å²) in [4.78, 5) is 12.7. The lowest BCUT2D eigenvalue weighted by Gasteiger charge is -2.10. The predicted octanol–water partition coefficient (Wildman–Crippen LogP) is 2.26. The lowest BCUT2D eigenvalue weighted by Crippen LogP contribution is -2.29. The van der Waals surface area contributed by atoms with E-state index in [2.05, 4.69) is 19.2 Å². The van der Waals surface area contributed by atoms with Crippen molar-refractivity contribution in [3.8, 4) is 5.75 Å². The maximum atomic E-state index is 12.6. The number of nitrogens with one attached hydrogen (secondary N) is 1. The zero-order chi connectivity index (χ0) is 19.1. The molecular formula is C19H22N2O4S. The van der Waals surface area contributed by atoms with E-state index >= 15 is 0 Å². The fraction of sp³-hybridized carbons (Fsp3) is 0.316. The van der Waals surface area contributed by atoms with Crippen LogP contribution in [0.5, 0.6) is 5.75 Å². The first kappa shape index (κ1) is 18.4. The predicted molar refractivity (Wildman–Crippen MR) is 98.6 cm³/mol. The van der Waals surface area contributed by atoms with Crippen LogP contribution >= 0.6 is 0 Å². The molecule has 2 aromatic rings. The van der Waals surface area contributed by atoms with Gasteiger partial charge in [0.2, 0.25) is 10.0 Å². The lowest BCUT2D eigenvalue weighted by molar-refractivity contribution is 0.0943. The molecule has 0 aromatic heterocycles. The van der Waals surface area contributed by atoms with Gasteiger partial charge in [-0.2, -0.15) is 0 Å². The molecule has 3 rings (SSSR count). The summed E-state index contributed by atoms with van der Waals surface area (Å²) in [6.45, 7) is 4.14. The Morgan fingerprint density at radius 1 is 1.12 bits per heavy atom. The van der Waals surface area contributed by atoms with Crippen molar-refractivity contribution in [2.75, 3.05) is 7.11 Å². The van der Waals surface area contributed by atoms with Gasteiger partial charge in [-0.3, -0.25) is 4.79 Å². The van der Waals surface area contributed by atoms with Crippen LogP contribution in [0.1, 0.15) is 35.7 Å². The molecule has 3 N–H and O–H groups in total. The summed E-state index contributed by atoms with van der Waals surface area (Å²) in [5.74, 6) is 0.428. The minimum absolute atomic E-state index is 0.0553. The molecule has 1 aliphatic carbocycles. The molecule has 1 amide bonds. The van der Waals surface area contributed by atoms with E-state index in [1.807, 2.05) is 6.07 Å². The first-order valence-corrected chi connectivity index (χ1v) is 9.77. The summed E-state index contributed by atoms with van der Waals surface area (Å²) in [6, 6.07) is 13.5. The van der Waals surface area contributed by atoms with Gasteiger partial charge < -0.3 is 10.1 Å². The summed E-state index contributed by atoms with van der Waals surface area (Å²) in [6.07, 6.45) is 0. The highest BCUT2D eigenvalue weighted by Gasteiger charge is 2.59. The highest BCUT2D eigenvalue weighted by Crippen LogP contribution is 2.58. The number of hydrogen-bond acceptors (Lipinski definition) is 4. The molecule has 0 saturated heterocycles. The van der Waals surface area contributed by atoms with Crippen LogP contribution in [0.3, 0.4) is 0 Å². The molecule has 1 fully saturated rings. The van der Waals surface area contributed by atoms with Crippen molar-refractivity contribution < 1.29 is 17.9 Å². The van der Waals surface area contributed by atoms with Crippen molar-refractivity contribution in [1.29, 1.82) is 0 Å². The van der Waals surface area contributed by atoms with Crippen LogP contribution in [0.4, 0.5) is 0 Å². The second kappa shape index (κ2) is 6.41. The van der Waals surface area contributed by atoms with Gasteiger partial charge in [0.05, 0.1) is 17.6 Å². The molecule has 1 saturated carbocycles. The Morgan fingerprint density at radius 2 is 1.73 bits per heavy atom. The van der Waals surface area contributed by atoms with Crippen LogP contribution < -0.4 is 15.2 Å². The van der Waals surface area contributed by atoms with Crippen LogP contribution in [0, 0.1) is 5.41 Å². The number of nitrogens with two attached hydrogens (primary N) is 1. The van der Waals surface area contributed by atoms with E-state index in [-0.39, 0.29) is 28.2 Å². The largest absolute Gasteiger partial charge is 0.496 e. The van der Waals surface area contributed by atoms with Gasteiger partial charge in [0, 0.05) is 12.0 Å². The summed E-state index contributed by atoms with van der Waals surface area (Å²) in [5, 5.41) is 8.21. The average molecular weight is 374 g/mol. The molecule has 0 spiro atoms. The summed E-state index contributed by atoms with van der Waals surface area (Å²) in [5.41, 5.74) is 1.31. The second-order valence-electron chi connectivity index (χ2n) is 7.06. The highest BCUT2D eigenvalue weighted by molar-refractivity contribution is 7.89. The molecule has 2 atom stereocenters. The summed E-state index contributed by atoms with van der Waals surface area (Å²) in [7, 11) is -2.18. The van der Waals surface area contributed by atoms with Crippen molar-refractivity contribution in [2.24, 2.45) is 10.6 Å². The van der Waals surface area contributed by atoms with Gasteiger partial charge in [0.15, 0.2) is 0 Å². The van der Waals surface area contributed by atoms with Gasteiger partial charge in [0.25, 0.3) is 5.91 Å². The minimum Gasteiger partial charge on any atom is -0.496 e. The number of primary sulfonamides is 1. The maximum Gasteiger partial charge on any atom is 0.255 e. The number of sulfonamides is 1. The normalized spacial score (nSPS) is 21.1. The second-order valence-corrected chi connectivity index (χ2v) is 8.63. The smallest absolute Gasteiger partial charge is 0.255 e. The van der Waals surface area contributed by atoms with Crippen molar-refractivity contribution in [2.45, 2.75) is 30.7 Å². The zero-order valence-corrected chi connectivity index (χ0v) is 15.7. The fourth-order valence-electron chi connectivity index (χ4n) is 3.45. The van der Waals surface area contributed by atoms with Crippen molar-refractivity contribution >= 4 is 15.9 Å². The van der Waals surface area contributed by atoms with Crippen LogP contribution in [0.15, 0.2) is 53.4 Å². The van der Waals surface area contributed by atoms with Crippen LogP contribution in [0.2, 0.25) is 0 Å². The Bertz CT molecular complexity index is 936. The topological polar surface area (TPSA) is 98.5 Å². The molecule has 0 unspecified atom stereocenters. The third-order valence-corrected chi connectivity index (χ3v) is 5.96. The monoisotopic (exact) mass is 374 g/mol. The highest BCUT2D eigenvalue weighted by atomic mass is 32.2. The Balaban J connectivity index is 1.79. The van der Waals surface area contributed by atoms with E-state index in [4.69, 9.17) is 9.88 Å². The molecule has 0 bridgehead atoms. The Hall–Kier alpha value is -2.38.